The highest BCUT2D eigenvalue weighted by Crippen LogP contribution is 2.34. The van der Waals surface area contributed by atoms with Gasteiger partial charge in [0.1, 0.15) is 0 Å². The van der Waals surface area contributed by atoms with Crippen LogP contribution in [0.25, 0.3) is 10.1 Å². The zero-order valence-corrected chi connectivity index (χ0v) is 9.78. The minimum atomic E-state index is -0.898. The van der Waals surface area contributed by atoms with Crippen molar-refractivity contribution in [3.63, 3.8) is 0 Å². The van der Waals surface area contributed by atoms with Crippen LogP contribution in [0.1, 0.15) is 15.9 Å². The van der Waals surface area contributed by atoms with Gasteiger partial charge in [-0.05, 0) is 45.2 Å². The van der Waals surface area contributed by atoms with Crippen molar-refractivity contribution in [1.29, 1.82) is 0 Å². The molecular formula is C10H7BrO2S. The quantitative estimate of drug-likeness (QED) is 0.859. The van der Waals surface area contributed by atoms with Crippen molar-refractivity contribution in [2.75, 3.05) is 0 Å². The van der Waals surface area contributed by atoms with Crippen molar-refractivity contribution in [3.05, 3.63) is 33.1 Å². The van der Waals surface area contributed by atoms with Gasteiger partial charge in [0.25, 0.3) is 0 Å². The number of benzene rings is 1. The van der Waals surface area contributed by atoms with E-state index in [0.29, 0.717) is 10.0 Å². The van der Waals surface area contributed by atoms with Gasteiger partial charge in [-0.25, -0.2) is 4.79 Å². The Bertz CT molecular complexity index is 516. The molecule has 0 radical (unpaired) electrons. The van der Waals surface area contributed by atoms with Crippen molar-refractivity contribution in [3.8, 4) is 0 Å². The number of thiophene rings is 1. The van der Waals surface area contributed by atoms with Crippen LogP contribution in [0.2, 0.25) is 0 Å². The van der Waals surface area contributed by atoms with Gasteiger partial charge >= 0.3 is 5.97 Å². The van der Waals surface area contributed by atoms with E-state index in [2.05, 4.69) is 15.9 Å². The summed E-state index contributed by atoms with van der Waals surface area (Å²) in [4.78, 5) is 10.8. The second kappa shape index (κ2) is 3.37. The van der Waals surface area contributed by atoms with Crippen molar-refractivity contribution >= 4 is 43.3 Å². The molecule has 1 N–H and O–H groups in total. The van der Waals surface area contributed by atoms with Crippen LogP contribution in [0.15, 0.2) is 22.0 Å². The molecule has 2 rings (SSSR count). The first-order chi connectivity index (χ1) is 6.61. The summed E-state index contributed by atoms with van der Waals surface area (Å²) >= 11 is 4.89. The van der Waals surface area contributed by atoms with Gasteiger partial charge in [-0.2, -0.15) is 0 Å². The van der Waals surface area contributed by atoms with Crippen LogP contribution >= 0.6 is 27.3 Å². The number of aryl methyl sites for hydroxylation is 1. The maximum absolute atomic E-state index is 10.8. The molecule has 72 valence electrons. The number of carboxylic acid groups (broad SMARTS) is 1. The molecule has 14 heavy (non-hydrogen) atoms. The van der Waals surface area contributed by atoms with Crippen LogP contribution in [0.4, 0.5) is 0 Å². The number of carboxylic acids is 1. The molecule has 0 saturated heterocycles. The lowest BCUT2D eigenvalue weighted by atomic mass is 10.1. The molecule has 1 aromatic heterocycles. The molecule has 1 aromatic carbocycles. The molecule has 0 fully saturated rings. The van der Waals surface area contributed by atoms with Crippen LogP contribution < -0.4 is 0 Å². The first kappa shape index (κ1) is 9.68. The molecule has 0 amide bonds. The smallest absolute Gasteiger partial charge is 0.336 e. The molecule has 0 aliphatic rings. The highest BCUT2D eigenvalue weighted by molar-refractivity contribution is 9.10. The Labute approximate surface area is 93.3 Å². The molecular weight excluding hydrogens is 264 g/mol. The van der Waals surface area contributed by atoms with Crippen molar-refractivity contribution in [2.24, 2.45) is 0 Å². The van der Waals surface area contributed by atoms with Gasteiger partial charge in [-0.1, -0.05) is 6.07 Å². The number of hydrogen-bond acceptors (Lipinski definition) is 2. The number of rotatable bonds is 1. The fraction of sp³-hybridized carbons (Fsp3) is 0.100. The molecule has 4 heteroatoms. The van der Waals surface area contributed by atoms with Crippen molar-refractivity contribution < 1.29 is 9.90 Å². The Morgan fingerprint density at radius 1 is 1.50 bits per heavy atom. The predicted octanol–water partition coefficient (Wildman–Crippen LogP) is 3.67. The summed E-state index contributed by atoms with van der Waals surface area (Å²) in [6, 6.07) is 3.49. The summed E-state index contributed by atoms with van der Waals surface area (Å²) in [6.45, 7) is 2.02. The lowest BCUT2D eigenvalue weighted by molar-refractivity contribution is 0.0696. The lowest BCUT2D eigenvalue weighted by Gasteiger charge is -2.00. The fourth-order valence-corrected chi connectivity index (χ4v) is 3.14. The van der Waals surface area contributed by atoms with E-state index in [1.54, 1.807) is 17.4 Å². The van der Waals surface area contributed by atoms with E-state index < -0.39 is 5.97 Å². The Balaban J connectivity index is 2.82. The van der Waals surface area contributed by atoms with E-state index in [1.165, 1.54) is 5.56 Å². The van der Waals surface area contributed by atoms with Crippen LogP contribution in [0.5, 0.6) is 0 Å². The molecule has 0 aliphatic heterocycles. The van der Waals surface area contributed by atoms with Gasteiger partial charge in [0.2, 0.25) is 0 Å². The third-order valence-corrected chi connectivity index (χ3v) is 4.32. The minimum absolute atomic E-state index is 0.319. The first-order valence-corrected chi connectivity index (χ1v) is 5.68. The van der Waals surface area contributed by atoms with E-state index in [1.807, 2.05) is 18.4 Å². The third-order valence-electron chi connectivity index (χ3n) is 2.11. The van der Waals surface area contributed by atoms with Crippen molar-refractivity contribution in [2.45, 2.75) is 6.92 Å². The third kappa shape index (κ3) is 1.35. The minimum Gasteiger partial charge on any atom is -0.478 e. The summed E-state index contributed by atoms with van der Waals surface area (Å²) in [7, 11) is 0. The lowest BCUT2D eigenvalue weighted by Crippen LogP contribution is -1.96. The topological polar surface area (TPSA) is 37.3 Å². The molecule has 0 spiro atoms. The van der Waals surface area contributed by atoms with Gasteiger partial charge < -0.3 is 5.11 Å². The number of fused-ring (bicyclic) bond motifs is 1. The highest BCUT2D eigenvalue weighted by atomic mass is 79.9. The summed E-state index contributed by atoms with van der Waals surface area (Å²) in [6.07, 6.45) is 0. The van der Waals surface area contributed by atoms with E-state index in [4.69, 9.17) is 5.11 Å². The molecule has 0 atom stereocenters. The van der Waals surface area contributed by atoms with E-state index in [-0.39, 0.29) is 0 Å². The Morgan fingerprint density at radius 3 is 2.86 bits per heavy atom. The van der Waals surface area contributed by atoms with Crippen LogP contribution in [0, 0.1) is 6.92 Å². The molecule has 0 aliphatic carbocycles. The Kier molecular flexibility index (Phi) is 2.33. The molecule has 2 nitrogen and oxygen atoms in total. The fourth-order valence-electron chi connectivity index (χ4n) is 1.36. The van der Waals surface area contributed by atoms with Gasteiger partial charge in [0.15, 0.2) is 0 Å². The molecule has 0 unspecified atom stereocenters. The van der Waals surface area contributed by atoms with Crippen molar-refractivity contribution in [1.82, 2.24) is 0 Å². The second-order valence-corrected chi connectivity index (χ2v) is 4.70. The standard InChI is InChI=1S/C10H7BrO2S/c1-5-4-14-9-6(5)2-3-7(8(9)11)10(12)13/h2-4H,1H3,(H,12,13). The largest absolute Gasteiger partial charge is 0.478 e. The van der Waals surface area contributed by atoms with Gasteiger partial charge in [0.05, 0.1) is 5.56 Å². The monoisotopic (exact) mass is 270 g/mol. The average Bonchev–Trinajstić information content (AvgIpc) is 2.49. The number of aromatic carboxylic acids is 1. The zero-order chi connectivity index (χ0) is 10.3. The second-order valence-electron chi connectivity index (χ2n) is 3.03. The summed E-state index contributed by atoms with van der Waals surface area (Å²) in [5.74, 6) is -0.898. The molecule has 2 aromatic rings. The summed E-state index contributed by atoms with van der Waals surface area (Å²) in [5.41, 5.74) is 1.50. The summed E-state index contributed by atoms with van der Waals surface area (Å²) < 4.78 is 1.68. The van der Waals surface area contributed by atoms with Gasteiger partial charge in [0, 0.05) is 9.17 Å². The SMILES string of the molecule is Cc1csc2c(Br)c(C(=O)O)ccc12. The zero-order valence-electron chi connectivity index (χ0n) is 7.37. The maximum Gasteiger partial charge on any atom is 0.336 e. The van der Waals surface area contributed by atoms with Crippen LogP contribution in [-0.4, -0.2) is 11.1 Å². The predicted molar refractivity (Wildman–Crippen MR) is 61.2 cm³/mol. The molecule has 1 heterocycles. The Hall–Kier alpha value is -0.870. The number of hydrogen-bond donors (Lipinski definition) is 1. The summed E-state index contributed by atoms with van der Waals surface area (Å²) in [5, 5.41) is 12.1. The van der Waals surface area contributed by atoms with E-state index in [9.17, 15) is 4.79 Å². The van der Waals surface area contributed by atoms with E-state index >= 15 is 0 Å². The van der Waals surface area contributed by atoms with Crippen LogP contribution in [-0.2, 0) is 0 Å². The number of carbonyl (C=O) groups is 1. The number of halogens is 1. The first-order valence-electron chi connectivity index (χ1n) is 4.01. The molecule has 0 saturated carbocycles. The normalized spacial score (nSPS) is 10.7. The van der Waals surface area contributed by atoms with E-state index in [0.717, 1.165) is 10.1 Å². The van der Waals surface area contributed by atoms with Crippen LogP contribution in [0.3, 0.4) is 0 Å². The molecule has 0 bridgehead atoms. The maximum atomic E-state index is 10.8. The van der Waals surface area contributed by atoms with Gasteiger partial charge in [-0.3, -0.25) is 0 Å². The average molecular weight is 271 g/mol. The highest BCUT2D eigenvalue weighted by Gasteiger charge is 2.12. The van der Waals surface area contributed by atoms with Gasteiger partial charge in [-0.15, -0.1) is 11.3 Å². The Morgan fingerprint density at radius 2 is 2.21 bits per heavy atom.